The van der Waals surface area contributed by atoms with Crippen LogP contribution in [-0.2, 0) is 14.8 Å². The fourth-order valence-corrected chi connectivity index (χ4v) is 3.16. The summed E-state index contributed by atoms with van der Waals surface area (Å²) in [5.41, 5.74) is 0.249. The number of likely N-dealkylation sites (N-methyl/N-ethyl adjacent to an activating group) is 1. The van der Waals surface area contributed by atoms with Crippen LogP contribution in [0.2, 0.25) is 0 Å². The van der Waals surface area contributed by atoms with Crippen LogP contribution in [0, 0.1) is 12.7 Å². The minimum atomic E-state index is -3.91. The molecular weight excluding hydrogens is 261 g/mol. The van der Waals surface area contributed by atoms with Crippen molar-refractivity contribution >= 4 is 16.0 Å². The molecule has 0 amide bonds. The second-order valence-electron chi connectivity index (χ2n) is 3.73. The summed E-state index contributed by atoms with van der Waals surface area (Å²) in [4.78, 5) is 10.5. The number of aryl methyl sites for hydroxylation is 1. The van der Waals surface area contributed by atoms with Gasteiger partial charge in [-0.15, -0.1) is 0 Å². The Morgan fingerprint density at radius 3 is 2.50 bits per heavy atom. The molecule has 1 rings (SSSR count). The van der Waals surface area contributed by atoms with E-state index < -0.39 is 28.4 Å². The highest BCUT2D eigenvalue weighted by Crippen LogP contribution is 2.20. The maximum absolute atomic E-state index is 12.9. The number of hydrogen-bond donors (Lipinski definition) is 1. The van der Waals surface area contributed by atoms with E-state index in [0.29, 0.717) is 0 Å². The predicted molar refractivity (Wildman–Crippen MR) is 63.2 cm³/mol. The van der Waals surface area contributed by atoms with Crippen LogP contribution in [0.25, 0.3) is 0 Å². The summed E-state index contributed by atoms with van der Waals surface area (Å²) in [5, 5.41) is 8.67. The molecule has 0 unspecified atom stereocenters. The Hall–Kier alpha value is -1.47. The molecule has 100 valence electrons. The Morgan fingerprint density at radius 2 is 2.06 bits per heavy atom. The van der Waals surface area contributed by atoms with Gasteiger partial charge in [0.1, 0.15) is 12.4 Å². The summed E-state index contributed by atoms with van der Waals surface area (Å²) < 4.78 is 38.1. The second kappa shape index (κ2) is 5.45. The topological polar surface area (TPSA) is 74.7 Å². The average Bonchev–Trinajstić information content (AvgIpc) is 2.24. The highest BCUT2D eigenvalue weighted by Gasteiger charge is 2.26. The van der Waals surface area contributed by atoms with Gasteiger partial charge in [0.25, 0.3) is 0 Å². The first-order chi connectivity index (χ1) is 8.28. The number of nitrogens with zero attached hydrogens (tertiary/aromatic N) is 1. The predicted octanol–water partition coefficient (Wildman–Crippen LogP) is 1.23. The number of sulfonamides is 1. The lowest BCUT2D eigenvalue weighted by molar-refractivity contribution is -0.137. The number of rotatable bonds is 5. The molecule has 0 fully saturated rings. The molecule has 1 N–H and O–H groups in total. The van der Waals surface area contributed by atoms with E-state index >= 15 is 0 Å². The Morgan fingerprint density at radius 1 is 1.44 bits per heavy atom. The van der Waals surface area contributed by atoms with Gasteiger partial charge in [0.15, 0.2) is 0 Å². The summed E-state index contributed by atoms with van der Waals surface area (Å²) in [5.74, 6) is -1.77. The Bertz CT molecular complexity index is 556. The minimum Gasteiger partial charge on any atom is -0.480 e. The van der Waals surface area contributed by atoms with Crippen molar-refractivity contribution < 1.29 is 22.7 Å². The smallest absolute Gasteiger partial charge is 0.318 e. The van der Waals surface area contributed by atoms with Gasteiger partial charge in [-0.25, -0.2) is 12.8 Å². The summed E-state index contributed by atoms with van der Waals surface area (Å²) in [7, 11) is -3.91. The Kier molecular flexibility index (Phi) is 4.42. The van der Waals surface area contributed by atoms with Crippen LogP contribution in [0.15, 0.2) is 23.1 Å². The monoisotopic (exact) mass is 275 g/mol. The molecule has 0 spiro atoms. The van der Waals surface area contributed by atoms with E-state index in [1.54, 1.807) is 6.92 Å². The van der Waals surface area contributed by atoms with Crippen LogP contribution in [0.4, 0.5) is 4.39 Å². The van der Waals surface area contributed by atoms with Gasteiger partial charge in [-0.1, -0.05) is 6.92 Å². The SMILES string of the molecule is CCN(CC(=O)O)S(=O)(=O)c1ccc(F)cc1C. The highest BCUT2D eigenvalue weighted by molar-refractivity contribution is 7.89. The number of aliphatic carboxylic acids is 1. The lowest BCUT2D eigenvalue weighted by Gasteiger charge is -2.19. The molecular formula is C11H14FNO4S. The van der Waals surface area contributed by atoms with E-state index in [2.05, 4.69) is 0 Å². The standard InChI is InChI=1S/C11H14FNO4S/c1-3-13(7-11(14)15)18(16,17)10-5-4-9(12)6-8(10)2/h4-6H,3,7H2,1-2H3,(H,14,15). The van der Waals surface area contributed by atoms with Crippen LogP contribution < -0.4 is 0 Å². The van der Waals surface area contributed by atoms with Crippen LogP contribution in [0.1, 0.15) is 12.5 Å². The molecule has 0 radical (unpaired) electrons. The molecule has 0 aromatic heterocycles. The first-order valence-corrected chi connectivity index (χ1v) is 6.71. The van der Waals surface area contributed by atoms with E-state index in [0.717, 1.165) is 22.5 Å². The van der Waals surface area contributed by atoms with Gasteiger partial charge in [0.2, 0.25) is 10.0 Å². The number of hydrogen-bond acceptors (Lipinski definition) is 3. The van der Waals surface area contributed by atoms with Crippen molar-refractivity contribution in [3.63, 3.8) is 0 Å². The fourth-order valence-electron chi connectivity index (χ4n) is 1.56. The third-order valence-electron chi connectivity index (χ3n) is 2.42. The van der Waals surface area contributed by atoms with Crippen LogP contribution in [-0.4, -0.2) is 36.9 Å². The van der Waals surface area contributed by atoms with Crippen molar-refractivity contribution in [2.24, 2.45) is 0 Å². The highest BCUT2D eigenvalue weighted by atomic mass is 32.2. The van der Waals surface area contributed by atoms with Crippen LogP contribution in [0.3, 0.4) is 0 Å². The summed E-state index contributed by atoms with van der Waals surface area (Å²) in [6, 6.07) is 3.28. The van der Waals surface area contributed by atoms with Gasteiger partial charge in [-0.05, 0) is 30.7 Å². The number of benzene rings is 1. The van der Waals surface area contributed by atoms with Crippen molar-refractivity contribution in [1.82, 2.24) is 4.31 Å². The molecule has 7 heteroatoms. The van der Waals surface area contributed by atoms with E-state index in [-0.39, 0.29) is 17.0 Å². The zero-order chi connectivity index (χ0) is 13.9. The van der Waals surface area contributed by atoms with Gasteiger partial charge >= 0.3 is 5.97 Å². The quantitative estimate of drug-likeness (QED) is 0.877. The van der Waals surface area contributed by atoms with Gasteiger partial charge < -0.3 is 5.11 Å². The molecule has 1 aromatic carbocycles. The maximum atomic E-state index is 12.9. The van der Waals surface area contributed by atoms with Gasteiger partial charge in [-0.3, -0.25) is 4.79 Å². The zero-order valence-electron chi connectivity index (χ0n) is 10.1. The summed E-state index contributed by atoms with van der Waals surface area (Å²) >= 11 is 0. The molecule has 0 aliphatic rings. The number of halogens is 1. The van der Waals surface area contributed by atoms with Crippen LogP contribution in [0.5, 0.6) is 0 Å². The molecule has 0 atom stereocenters. The molecule has 0 saturated heterocycles. The lowest BCUT2D eigenvalue weighted by Crippen LogP contribution is -2.35. The second-order valence-corrected chi connectivity index (χ2v) is 5.64. The van der Waals surface area contributed by atoms with Crippen molar-refractivity contribution in [3.8, 4) is 0 Å². The first-order valence-electron chi connectivity index (χ1n) is 5.27. The Balaban J connectivity index is 3.23. The normalized spacial score (nSPS) is 11.8. The molecule has 5 nitrogen and oxygen atoms in total. The van der Waals surface area contributed by atoms with Gasteiger partial charge in [0.05, 0.1) is 4.90 Å². The zero-order valence-corrected chi connectivity index (χ0v) is 10.9. The Labute approximate surface area is 105 Å². The number of carboxylic acid groups (broad SMARTS) is 1. The largest absolute Gasteiger partial charge is 0.480 e. The molecule has 1 aromatic rings. The minimum absolute atomic E-state index is 0.0332. The first kappa shape index (κ1) is 14.6. The molecule has 0 saturated carbocycles. The van der Waals surface area contributed by atoms with Crippen LogP contribution >= 0.6 is 0 Å². The molecule has 0 bridgehead atoms. The fraction of sp³-hybridized carbons (Fsp3) is 0.364. The van der Waals surface area contributed by atoms with E-state index in [9.17, 15) is 17.6 Å². The molecule has 0 aliphatic heterocycles. The lowest BCUT2D eigenvalue weighted by atomic mass is 10.2. The van der Waals surface area contributed by atoms with Gasteiger partial charge in [0, 0.05) is 6.54 Å². The van der Waals surface area contributed by atoms with Crippen molar-refractivity contribution in [2.75, 3.05) is 13.1 Å². The third-order valence-corrected chi connectivity index (χ3v) is 4.50. The summed E-state index contributed by atoms with van der Waals surface area (Å²) in [6.45, 7) is 2.42. The van der Waals surface area contributed by atoms with E-state index in [4.69, 9.17) is 5.11 Å². The summed E-state index contributed by atoms with van der Waals surface area (Å²) in [6.07, 6.45) is 0. The number of carbonyl (C=O) groups is 1. The molecule has 0 heterocycles. The van der Waals surface area contributed by atoms with Crippen molar-refractivity contribution in [1.29, 1.82) is 0 Å². The third kappa shape index (κ3) is 3.05. The van der Waals surface area contributed by atoms with E-state index in [1.165, 1.54) is 6.92 Å². The molecule has 18 heavy (non-hydrogen) atoms. The average molecular weight is 275 g/mol. The molecule has 0 aliphatic carbocycles. The van der Waals surface area contributed by atoms with E-state index in [1.807, 2.05) is 0 Å². The number of carboxylic acids is 1. The van der Waals surface area contributed by atoms with Crippen molar-refractivity contribution in [3.05, 3.63) is 29.6 Å². The maximum Gasteiger partial charge on any atom is 0.318 e. The van der Waals surface area contributed by atoms with Crippen molar-refractivity contribution in [2.45, 2.75) is 18.7 Å². The van der Waals surface area contributed by atoms with Gasteiger partial charge in [-0.2, -0.15) is 4.31 Å².